The maximum atomic E-state index is 12.3. The molecule has 31 heavy (non-hydrogen) atoms. The molecule has 0 unspecified atom stereocenters. The van der Waals surface area contributed by atoms with Crippen molar-refractivity contribution in [1.82, 2.24) is 15.0 Å². The quantitative estimate of drug-likeness (QED) is 0.556. The lowest BCUT2D eigenvalue weighted by Crippen LogP contribution is -2.41. The third-order valence-corrected chi connectivity index (χ3v) is 6.84. The molecule has 3 aromatic rings. The average Bonchev–Trinajstić information content (AvgIpc) is 3.38. The Morgan fingerprint density at radius 1 is 1.23 bits per heavy atom. The number of aromatic nitrogens is 1. The van der Waals surface area contributed by atoms with Gasteiger partial charge in [0.2, 0.25) is 15.9 Å². The van der Waals surface area contributed by atoms with Crippen molar-refractivity contribution in [2.24, 2.45) is 0 Å². The Morgan fingerprint density at radius 3 is 2.87 bits per heavy atom. The van der Waals surface area contributed by atoms with E-state index in [1.807, 2.05) is 37.3 Å². The highest BCUT2D eigenvalue weighted by molar-refractivity contribution is 7.89. The van der Waals surface area contributed by atoms with Gasteiger partial charge in [-0.1, -0.05) is 24.3 Å². The number of aryl methyl sites for hydroxylation is 1. The van der Waals surface area contributed by atoms with E-state index in [0.717, 1.165) is 36.0 Å². The molecule has 0 saturated carbocycles. The summed E-state index contributed by atoms with van der Waals surface area (Å²) in [6.45, 7) is 3.16. The van der Waals surface area contributed by atoms with Crippen LogP contribution in [-0.4, -0.2) is 45.0 Å². The average molecular weight is 443 g/mol. The minimum atomic E-state index is -3.63. The first-order chi connectivity index (χ1) is 14.9. The minimum absolute atomic E-state index is 0.0433. The van der Waals surface area contributed by atoms with Gasteiger partial charge in [-0.25, -0.2) is 13.1 Å². The van der Waals surface area contributed by atoms with Crippen molar-refractivity contribution in [2.45, 2.75) is 37.1 Å². The molecule has 1 fully saturated rings. The molecule has 0 spiro atoms. The molecule has 1 aromatic heterocycles. The summed E-state index contributed by atoms with van der Waals surface area (Å²) in [4.78, 5) is 19.1. The molecule has 1 atom stereocenters. The number of benzene rings is 2. The van der Waals surface area contributed by atoms with Crippen LogP contribution in [0, 0.1) is 6.92 Å². The standard InChI is InChI=1S/C22H26N4O4S/c1-16-6-4-8-18(14-16)31(28,29)24-12-11-21(27)23-15-17-7-5-13-26(17)22-25-19-9-2-3-10-20(19)30-22/h2-4,6,8-10,14,17,24H,5,7,11-13,15H2,1H3,(H,23,27)/t17-/m0/s1. The molecule has 2 aromatic carbocycles. The number of nitrogens with zero attached hydrogens (tertiary/aromatic N) is 2. The van der Waals surface area contributed by atoms with Crippen LogP contribution >= 0.6 is 0 Å². The Labute approximate surface area is 181 Å². The van der Waals surface area contributed by atoms with Crippen molar-refractivity contribution < 1.29 is 17.6 Å². The largest absolute Gasteiger partial charge is 0.423 e. The topological polar surface area (TPSA) is 105 Å². The Hall–Kier alpha value is -2.91. The van der Waals surface area contributed by atoms with Gasteiger partial charge in [-0.15, -0.1) is 0 Å². The van der Waals surface area contributed by atoms with Gasteiger partial charge in [0.15, 0.2) is 5.58 Å². The number of anilines is 1. The number of fused-ring (bicyclic) bond motifs is 1. The summed E-state index contributed by atoms with van der Waals surface area (Å²) in [6, 6.07) is 15.0. The van der Waals surface area contributed by atoms with Crippen LogP contribution in [0.4, 0.5) is 6.01 Å². The van der Waals surface area contributed by atoms with Crippen molar-refractivity contribution in [3.05, 3.63) is 54.1 Å². The molecule has 0 radical (unpaired) electrons. The van der Waals surface area contributed by atoms with Crippen LogP contribution in [0.5, 0.6) is 0 Å². The monoisotopic (exact) mass is 442 g/mol. The second-order valence-corrected chi connectivity index (χ2v) is 9.49. The second-order valence-electron chi connectivity index (χ2n) is 7.72. The summed E-state index contributed by atoms with van der Waals surface area (Å²) >= 11 is 0. The SMILES string of the molecule is Cc1cccc(S(=O)(=O)NCCC(=O)NC[C@@H]2CCCN2c2nc3ccccc3o2)c1. The van der Waals surface area contributed by atoms with Gasteiger partial charge in [0, 0.05) is 26.1 Å². The van der Waals surface area contributed by atoms with Crippen LogP contribution < -0.4 is 14.9 Å². The van der Waals surface area contributed by atoms with E-state index < -0.39 is 10.0 Å². The molecular formula is C22H26N4O4S. The smallest absolute Gasteiger partial charge is 0.298 e. The van der Waals surface area contributed by atoms with E-state index in [4.69, 9.17) is 4.42 Å². The summed E-state index contributed by atoms with van der Waals surface area (Å²) in [5, 5.41) is 2.91. The molecule has 0 aliphatic carbocycles. The molecule has 164 valence electrons. The van der Waals surface area contributed by atoms with Crippen LogP contribution in [-0.2, 0) is 14.8 Å². The number of hydrogen-bond acceptors (Lipinski definition) is 6. The molecule has 1 aliphatic rings. The molecule has 9 heteroatoms. The van der Waals surface area contributed by atoms with Crippen molar-refractivity contribution in [3.8, 4) is 0 Å². The fourth-order valence-corrected chi connectivity index (χ4v) is 4.90. The zero-order valence-electron chi connectivity index (χ0n) is 17.4. The van der Waals surface area contributed by atoms with Gasteiger partial charge < -0.3 is 14.6 Å². The Morgan fingerprint density at radius 2 is 2.06 bits per heavy atom. The van der Waals surface area contributed by atoms with E-state index in [2.05, 4.69) is 19.9 Å². The van der Waals surface area contributed by atoms with Crippen LogP contribution in [0.2, 0.25) is 0 Å². The van der Waals surface area contributed by atoms with Gasteiger partial charge in [-0.05, 0) is 49.6 Å². The molecule has 1 amide bonds. The number of oxazole rings is 1. The number of carbonyl (C=O) groups excluding carboxylic acids is 1. The zero-order chi connectivity index (χ0) is 21.8. The molecule has 1 aliphatic heterocycles. The lowest BCUT2D eigenvalue weighted by atomic mass is 10.2. The molecule has 8 nitrogen and oxygen atoms in total. The summed E-state index contributed by atoms with van der Waals surface area (Å²) in [5.74, 6) is -0.198. The number of rotatable bonds is 8. The number of carbonyl (C=O) groups is 1. The number of hydrogen-bond donors (Lipinski definition) is 2. The Kier molecular flexibility index (Phi) is 6.24. The molecule has 0 bridgehead atoms. The number of sulfonamides is 1. The fourth-order valence-electron chi connectivity index (χ4n) is 3.77. The van der Waals surface area contributed by atoms with Crippen molar-refractivity contribution in [3.63, 3.8) is 0 Å². The molecule has 2 heterocycles. The maximum Gasteiger partial charge on any atom is 0.298 e. The minimum Gasteiger partial charge on any atom is -0.423 e. The van der Waals surface area contributed by atoms with Crippen LogP contribution in [0.25, 0.3) is 11.1 Å². The van der Waals surface area contributed by atoms with Gasteiger partial charge in [0.1, 0.15) is 5.52 Å². The number of nitrogens with one attached hydrogen (secondary N) is 2. The lowest BCUT2D eigenvalue weighted by molar-refractivity contribution is -0.120. The van der Waals surface area contributed by atoms with E-state index in [9.17, 15) is 13.2 Å². The zero-order valence-corrected chi connectivity index (χ0v) is 18.2. The van der Waals surface area contributed by atoms with E-state index in [1.54, 1.807) is 12.1 Å². The van der Waals surface area contributed by atoms with Crippen molar-refractivity contribution in [1.29, 1.82) is 0 Å². The summed E-state index contributed by atoms with van der Waals surface area (Å²) in [6.07, 6.45) is 2.00. The van der Waals surface area contributed by atoms with Gasteiger partial charge in [0.05, 0.1) is 10.9 Å². The summed E-state index contributed by atoms with van der Waals surface area (Å²) in [7, 11) is -3.63. The fraction of sp³-hybridized carbons (Fsp3) is 0.364. The highest BCUT2D eigenvalue weighted by Crippen LogP contribution is 2.28. The van der Waals surface area contributed by atoms with Crippen LogP contribution in [0.1, 0.15) is 24.8 Å². The van der Waals surface area contributed by atoms with E-state index in [1.165, 1.54) is 6.07 Å². The summed E-state index contributed by atoms with van der Waals surface area (Å²) < 4.78 is 33.0. The lowest BCUT2D eigenvalue weighted by Gasteiger charge is -2.23. The second kappa shape index (κ2) is 9.07. The predicted octanol–water partition coefficient (Wildman–Crippen LogP) is 2.59. The summed E-state index contributed by atoms with van der Waals surface area (Å²) in [5.41, 5.74) is 2.42. The predicted molar refractivity (Wildman–Crippen MR) is 118 cm³/mol. The Bertz CT molecular complexity index is 1140. The van der Waals surface area contributed by atoms with Gasteiger partial charge in [-0.2, -0.15) is 4.98 Å². The Balaban J connectivity index is 1.27. The van der Waals surface area contributed by atoms with Gasteiger partial charge >= 0.3 is 0 Å². The highest BCUT2D eigenvalue weighted by atomic mass is 32.2. The van der Waals surface area contributed by atoms with Gasteiger partial charge in [-0.3, -0.25) is 4.79 Å². The van der Waals surface area contributed by atoms with Crippen LogP contribution in [0.15, 0.2) is 57.8 Å². The molecular weight excluding hydrogens is 416 g/mol. The number of para-hydroxylation sites is 2. The van der Waals surface area contributed by atoms with Gasteiger partial charge in [0.25, 0.3) is 6.01 Å². The molecule has 2 N–H and O–H groups in total. The first kappa shape index (κ1) is 21.3. The first-order valence-corrected chi connectivity index (χ1v) is 11.9. The van der Waals surface area contributed by atoms with E-state index >= 15 is 0 Å². The molecule has 1 saturated heterocycles. The van der Waals surface area contributed by atoms with Crippen LogP contribution in [0.3, 0.4) is 0 Å². The highest BCUT2D eigenvalue weighted by Gasteiger charge is 2.28. The van der Waals surface area contributed by atoms with E-state index in [-0.39, 0.29) is 29.8 Å². The first-order valence-electron chi connectivity index (χ1n) is 10.4. The molecule has 4 rings (SSSR count). The maximum absolute atomic E-state index is 12.3. The third-order valence-electron chi connectivity index (χ3n) is 5.38. The van der Waals surface area contributed by atoms with Crippen molar-refractivity contribution >= 4 is 33.0 Å². The number of amides is 1. The normalized spacial score (nSPS) is 16.7. The third kappa shape index (κ3) is 5.05. The van der Waals surface area contributed by atoms with Crippen molar-refractivity contribution in [2.75, 3.05) is 24.5 Å². The van der Waals surface area contributed by atoms with E-state index in [0.29, 0.717) is 12.6 Å².